The van der Waals surface area contributed by atoms with Gasteiger partial charge in [0.15, 0.2) is 0 Å². The van der Waals surface area contributed by atoms with E-state index in [0.717, 1.165) is 17.7 Å². The third-order valence-electron chi connectivity index (χ3n) is 3.34. The summed E-state index contributed by atoms with van der Waals surface area (Å²) in [7, 11) is 0. The van der Waals surface area contributed by atoms with Gasteiger partial charge in [0.25, 0.3) is 0 Å². The summed E-state index contributed by atoms with van der Waals surface area (Å²) >= 11 is 1.62. The Bertz CT molecular complexity index is 493. The highest BCUT2D eigenvalue weighted by atomic mass is 32.2. The first-order chi connectivity index (χ1) is 10.4. The average Bonchev–Trinajstić information content (AvgIpc) is 2.47. The maximum Gasteiger partial charge on any atom is 0.410 e. The molecule has 0 radical (unpaired) electrons. The summed E-state index contributed by atoms with van der Waals surface area (Å²) in [6, 6.07) is 0.291. The van der Waals surface area contributed by atoms with E-state index < -0.39 is 5.60 Å². The van der Waals surface area contributed by atoms with Crippen LogP contribution < -0.4 is 5.32 Å². The first-order valence-electron chi connectivity index (χ1n) is 7.48. The summed E-state index contributed by atoms with van der Waals surface area (Å²) in [6.45, 7) is 7.03. The van der Waals surface area contributed by atoms with Crippen molar-refractivity contribution < 1.29 is 9.53 Å². The van der Waals surface area contributed by atoms with Crippen LogP contribution in [0.25, 0.3) is 0 Å². The predicted octanol–water partition coefficient (Wildman–Crippen LogP) is 3.01. The van der Waals surface area contributed by atoms with E-state index >= 15 is 0 Å². The highest BCUT2D eigenvalue weighted by Gasteiger charge is 2.26. The molecule has 0 atom stereocenters. The van der Waals surface area contributed by atoms with E-state index in [1.807, 2.05) is 39.4 Å². The van der Waals surface area contributed by atoms with Crippen molar-refractivity contribution in [1.29, 1.82) is 0 Å². The van der Waals surface area contributed by atoms with Gasteiger partial charge < -0.3 is 15.0 Å². The van der Waals surface area contributed by atoms with Crippen LogP contribution >= 0.6 is 11.8 Å². The summed E-state index contributed by atoms with van der Waals surface area (Å²) in [5.74, 6) is 0.647. The quantitative estimate of drug-likeness (QED) is 0.862. The molecule has 1 saturated heterocycles. The number of thioether (sulfide) groups is 1. The number of nitrogens with zero attached hydrogens (tertiary/aromatic N) is 3. The van der Waals surface area contributed by atoms with Crippen molar-refractivity contribution in [2.75, 3.05) is 24.7 Å². The monoisotopic (exact) mass is 324 g/mol. The molecule has 6 nitrogen and oxygen atoms in total. The zero-order valence-corrected chi connectivity index (χ0v) is 14.4. The molecule has 1 aromatic heterocycles. The molecule has 1 amide bonds. The van der Waals surface area contributed by atoms with Crippen molar-refractivity contribution in [2.24, 2.45) is 0 Å². The third kappa shape index (κ3) is 5.05. The van der Waals surface area contributed by atoms with Crippen molar-refractivity contribution in [1.82, 2.24) is 14.9 Å². The molecule has 0 bridgehead atoms. The third-order valence-corrected chi connectivity index (χ3v) is 4.03. The van der Waals surface area contributed by atoms with Crippen molar-refractivity contribution >= 4 is 23.8 Å². The van der Waals surface area contributed by atoms with Crippen molar-refractivity contribution in [3.63, 3.8) is 0 Å². The molecule has 1 aliphatic rings. The maximum absolute atomic E-state index is 12.0. The van der Waals surface area contributed by atoms with Gasteiger partial charge in [-0.25, -0.2) is 14.8 Å². The van der Waals surface area contributed by atoms with Crippen molar-refractivity contribution in [2.45, 2.75) is 50.2 Å². The van der Waals surface area contributed by atoms with Crippen LogP contribution in [-0.4, -0.2) is 51.9 Å². The second-order valence-corrected chi connectivity index (χ2v) is 7.21. The average molecular weight is 324 g/mol. The number of hydrogen-bond donors (Lipinski definition) is 1. The topological polar surface area (TPSA) is 67.4 Å². The van der Waals surface area contributed by atoms with E-state index in [9.17, 15) is 4.79 Å². The van der Waals surface area contributed by atoms with Crippen molar-refractivity contribution in [3.05, 3.63) is 12.4 Å². The molecule has 122 valence electrons. The lowest BCUT2D eigenvalue weighted by atomic mass is 10.1. The summed E-state index contributed by atoms with van der Waals surface area (Å²) in [4.78, 5) is 23.4. The largest absolute Gasteiger partial charge is 0.444 e. The lowest BCUT2D eigenvalue weighted by Crippen LogP contribution is -2.44. The molecule has 0 aliphatic carbocycles. The number of amides is 1. The lowest BCUT2D eigenvalue weighted by Gasteiger charge is -2.33. The molecule has 0 unspecified atom stereocenters. The Hall–Kier alpha value is -1.50. The van der Waals surface area contributed by atoms with Crippen LogP contribution in [-0.2, 0) is 4.74 Å². The van der Waals surface area contributed by atoms with Crippen LogP contribution in [0.3, 0.4) is 0 Å². The molecule has 1 aromatic rings. The zero-order chi connectivity index (χ0) is 16.2. The molecule has 1 fully saturated rings. The van der Waals surface area contributed by atoms with Gasteiger partial charge >= 0.3 is 6.09 Å². The molecule has 0 saturated carbocycles. The molecule has 2 heterocycles. The van der Waals surface area contributed by atoms with Gasteiger partial charge in [-0.05, 0) is 39.9 Å². The summed E-state index contributed by atoms with van der Waals surface area (Å²) in [5, 5.41) is 3.33. The van der Waals surface area contributed by atoms with E-state index in [0.29, 0.717) is 25.1 Å². The van der Waals surface area contributed by atoms with E-state index in [1.165, 1.54) is 0 Å². The maximum atomic E-state index is 12.0. The molecule has 2 rings (SSSR count). The van der Waals surface area contributed by atoms with Gasteiger partial charge in [-0.1, -0.05) is 0 Å². The van der Waals surface area contributed by atoms with Crippen LogP contribution in [0.5, 0.6) is 0 Å². The molecule has 1 N–H and O–H groups in total. The number of piperidine rings is 1. The number of hydrogen-bond acceptors (Lipinski definition) is 6. The Labute approximate surface area is 136 Å². The van der Waals surface area contributed by atoms with Gasteiger partial charge in [-0.2, -0.15) is 0 Å². The molecule has 0 aromatic carbocycles. The molecule has 7 heteroatoms. The highest BCUT2D eigenvalue weighted by Crippen LogP contribution is 2.18. The van der Waals surface area contributed by atoms with E-state index in [1.54, 1.807) is 16.7 Å². The Balaban J connectivity index is 1.80. The van der Waals surface area contributed by atoms with Crippen LogP contribution in [0, 0.1) is 0 Å². The van der Waals surface area contributed by atoms with Gasteiger partial charge in [0.2, 0.25) is 5.95 Å². The Morgan fingerprint density at radius 1 is 1.32 bits per heavy atom. The number of carbonyl (C=O) groups excluding carboxylic acids is 1. The molecule has 22 heavy (non-hydrogen) atoms. The standard InChI is InChI=1S/C15H24N4O2S/c1-15(2,3)21-14(20)19-7-5-11(6-8-19)18-13-16-9-12(22-4)10-17-13/h9-11H,5-8H2,1-4H3,(H,16,17,18). The first kappa shape index (κ1) is 16.9. The van der Waals surface area contributed by atoms with E-state index in [-0.39, 0.29) is 6.09 Å². The summed E-state index contributed by atoms with van der Waals surface area (Å²) in [5.41, 5.74) is -0.445. The van der Waals surface area contributed by atoms with E-state index in [4.69, 9.17) is 4.74 Å². The number of aromatic nitrogens is 2. The summed E-state index contributed by atoms with van der Waals surface area (Å²) in [6.07, 6.45) is 7.13. The first-order valence-corrected chi connectivity index (χ1v) is 8.70. The van der Waals surface area contributed by atoms with Gasteiger partial charge in [0.1, 0.15) is 5.60 Å². The fourth-order valence-corrected chi connectivity index (χ4v) is 2.53. The molecule has 1 aliphatic heterocycles. The number of rotatable bonds is 3. The Morgan fingerprint density at radius 3 is 2.41 bits per heavy atom. The number of likely N-dealkylation sites (tertiary alicyclic amines) is 1. The van der Waals surface area contributed by atoms with Crippen LogP contribution in [0.15, 0.2) is 17.3 Å². The number of carbonyl (C=O) groups is 1. The van der Waals surface area contributed by atoms with Gasteiger partial charge in [-0.15, -0.1) is 11.8 Å². The number of nitrogens with one attached hydrogen (secondary N) is 1. The minimum atomic E-state index is -0.445. The van der Waals surface area contributed by atoms with Gasteiger partial charge in [0.05, 0.1) is 0 Å². The second kappa shape index (κ2) is 7.17. The van der Waals surface area contributed by atoms with Crippen LogP contribution in [0.4, 0.5) is 10.7 Å². The fraction of sp³-hybridized carbons (Fsp3) is 0.667. The Kier molecular flexibility index (Phi) is 5.50. The highest BCUT2D eigenvalue weighted by molar-refractivity contribution is 7.98. The van der Waals surface area contributed by atoms with Gasteiger partial charge in [0, 0.05) is 36.4 Å². The SMILES string of the molecule is CSc1cnc(NC2CCN(C(=O)OC(C)(C)C)CC2)nc1. The molecular formula is C15H24N4O2S. The predicted molar refractivity (Wildman–Crippen MR) is 88.3 cm³/mol. The Morgan fingerprint density at radius 2 is 1.91 bits per heavy atom. The minimum Gasteiger partial charge on any atom is -0.444 e. The normalized spacial score (nSPS) is 16.5. The van der Waals surface area contributed by atoms with Crippen molar-refractivity contribution in [3.8, 4) is 0 Å². The van der Waals surface area contributed by atoms with E-state index in [2.05, 4.69) is 15.3 Å². The number of ether oxygens (including phenoxy) is 1. The van der Waals surface area contributed by atoms with Gasteiger partial charge in [-0.3, -0.25) is 0 Å². The molecular weight excluding hydrogens is 300 g/mol. The summed E-state index contributed by atoms with van der Waals surface area (Å²) < 4.78 is 5.40. The second-order valence-electron chi connectivity index (χ2n) is 6.33. The fourth-order valence-electron chi connectivity index (χ4n) is 2.21. The minimum absolute atomic E-state index is 0.230. The molecule has 0 spiro atoms. The zero-order valence-electron chi connectivity index (χ0n) is 13.6. The van der Waals surface area contributed by atoms with Crippen LogP contribution in [0.2, 0.25) is 0 Å². The van der Waals surface area contributed by atoms with Crippen LogP contribution in [0.1, 0.15) is 33.6 Å². The smallest absolute Gasteiger partial charge is 0.410 e. The number of anilines is 1. The lowest BCUT2D eigenvalue weighted by molar-refractivity contribution is 0.0210.